The summed E-state index contributed by atoms with van der Waals surface area (Å²) in [7, 11) is 1.71. The zero-order chi connectivity index (χ0) is 30.9. The van der Waals surface area contributed by atoms with Gasteiger partial charge in [-0.15, -0.1) is 0 Å². The maximum atomic E-state index is 13.8. The van der Waals surface area contributed by atoms with Crippen LogP contribution in [-0.2, 0) is 34.0 Å². The van der Waals surface area contributed by atoms with Gasteiger partial charge in [-0.25, -0.2) is 9.48 Å². The second-order valence-corrected chi connectivity index (χ2v) is 11.8. The third kappa shape index (κ3) is 8.12. The number of aromatic carboxylic acids is 1. The third-order valence-electron chi connectivity index (χ3n) is 8.66. The van der Waals surface area contributed by atoms with Crippen LogP contribution < -0.4 is 5.32 Å². The molecule has 2 saturated carbocycles. The minimum absolute atomic E-state index is 0.0629. The van der Waals surface area contributed by atoms with Gasteiger partial charge in [0.1, 0.15) is 12.2 Å². The van der Waals surface area contributed by atoms with Crippen LogP contribution in [-0.4, -0.2) is 68.9 Å². The molecule has 2 aromatic carbocycles. The Morgan fingerprint density at radius 2 is 1.43 bits per heavy atom. The number of hydrogen-bond acceptors (Lipinski definition) is 6. The Kier molecular flexibility index (Phi) is 10.8. The van der Waals surface area contributed by atoms with Crippen LogP contribution in [0.15, 0.2) is 66.7 Å². The lowest BCUT2D eigenvalue weighted by Crippen LogP contribution is -2.48. The van der Waals surface area contributed by atoms with Gasteiger partial charge in [0, 0.05) is 13.1 Å². The van der Waals surface area contributed by atoms with Crippen molar-refractivity contribution in [1.82, 2.24) is 20.0 Å². The predicted octanol–water partition coefficient (Wildman–Crippen LogP) is 4.83. The minimum atomic E-state index is -1.26. The van der Waals surface area contributed by atoms with Gasteiger partial charge in [-0.2, -0.15) is 5.10 Å². The molecular formula is C34H42N4O6. The Hall–Kier alpha value is -4.02. The Morgan fingerprint density at radius 3 is 2.07 bits per heavy atom. The molecule has 10 heteroatoms. The molecule has 3 aromatic rings. The number of carbonyl (C=O) groups excluding carboxylic acids is 2. The highest BCUT2D eigenvalue weighted by Crippen LogP contribution is 2.27. The maximum Gasteiger partial charge on any atom is 0.356 e. The van der Waals surface area contributed by atoms with Crippen molar-refractivity contribution in [2.45, 2.75) is 95.4 Å². The highest BCUT2D eigenvalue weighted by molar-refractivity contribution is 5.96. The van der Waals surface area contributed by atoms with Crippen LogP contribution in [0.2, 0.25) is 0 Å². The first-order chi connectivity index (χ1) is 21.4. The van der Waals surface area contributed by atoms with Crippen molar-refractivity contribution in [2.75, 3.05) is 7.05 Å². The number of carboxylic acid groups (broad SMARTS) is 1. The SMILES string of the molecule is CN(C(=O)c1cc(C(=O)O)nn1CC(=O)N[C@H]1CCCC[C@@H]1OCc1ccccc1)[C@H]1CCCC[C@@H]1OCc1ccccc1. The summed E-state index contributed by atoms with van der Waals surface area (Å²) in [6, 6.07) is 20.7. The van der Waals surface area contributed by atoms with Gasteiger partial charge < -0.3 is 24.8 Å². The number of rotatable bonds is 12. The molecule has 1 heterocycles. The standard InChI is InChI=1S/C34H42N4O6/c1-37(28-17-9-11-19-31(28)44-23-25-14-6-3-7-15-25)33(40)29-20-27(34(41)42)36-38(29)21-32(39)35-26-16-8-10-18-30(26)43-22-24-12-4-2-5-13-24/h2-7,12-15,20,26,28,30-31H,8-11,16-19,21-23H2,1H3,(H,35,39)(H,41,42)/t26-,28-,30-,31-/m0/s1. The third-order valence-corrected chi connectivity index (χ3v) is 8.66. The predicted molar refractivity (Wildman–Crippen MR) is 164 cm³/mol. The summed E-state index contributed by atoms with van der Waals surface area (Å²) in [5, 5.41) is 16.9. The molecule has 234 valence electrons. The van der Waals surface area contributed by atoms with Crippen molar-refractivity contribution < 1.29 is 29.0 Å². The summed E-state index contributed by atoms with van der Waals surface area (Å²) in [6.07, 6.45) is 6.90. The van der Waals surface area contributed by atoms with Gasteiger partial charge >= 0.3 is 5.97 Å². The second-order valence-electron chi connectivity index (χ2n) is 11.8. The van der Waals surface area contributed by atoms with Crippen LogP contribution in [0.5, 0.6) is 0 Å². The minimum Gasteiger partial charge on any atom is -0.476 e. The fraction of sp³-hybridized carbons (Fsp3) is 0.471. The van der Waals surface area contributed by atoms with Gasteiger partial charge in [-0.3, -0.25) is 9.59 Å². The molecule has 2 fully saturated rings. The van der Waals surface area contributed by atoms with Gasteiger partial charge in [0.05, 0.1) is 37.5 Å². The first kappa shape index (κ1) is 31.4. The molecule has 0 saturated heterocycles. The molecule has 4 atom stereocenters. The lowest BCUT2D eigenvalue weighted by Gasteiger charge is -2.37. The maximum absolute atomic E-state index is 13.8. The van der Waals surface area contributed by atoms with E-state index in [-0.39, 0.29) is 54.0 Å². The summed E-state index contributed by atoms with van der Waals surface area (Å²) in [6.45, 7) is 0.631. The van der Waals surface area contributed by atoms with Crippen molar-refractivity contribution in [3.8, 4) is 0 Å². The normalized spacial score (nSPS) is 21.8. The van der Waals surface area contributed by atoms with E-state index in [0.717, 1.165) is 62.5 Å². The van der Waals surface area contributed by atoms with E-state index in [2.05, 4.69) is 10.4 Å². The molecule has 0 aliphatic heterocycles. The second kappa shape index (κ2) is 15.1. The summed E-state index contributed by atoms with van der Waals surface area (Å²) < 4.78 is 13.7. The molecule has 44 heavy (non-hydrogen) atoms. The molecule has 0 radical (unpaired) electrons. The van der Waals surface area contributed by atoms with Gasteiger partial charge in [0.15, 0.2) is 5.69 Å². The Labute approximate surface area is 258 Å². The number of ether oxygens (including phenoxy) is 2. The number of nitrogens with zero attached hydrogens (tertiary/aromatic N) is 3. The first-order valence-electron chi connectivity index (χ1n) is 15.6. The quantitative estimate of drug-likeness (QED) is 0.305. The topological polar surface area (TPSA) is 123 Å². The van der Waals surface area contributed by atoms with Gasteiger partial charge in [-0.05, 0) is 36.8 Å². The van der Waals surface area contributed by atoms with E-state index in [4.69, 9.17) is 9.47 Å². The number of carboxylic acids is 1. The number of benzene rings is 2. The zero-order valence-electron chi connectivity index (χ0n) is 25.3. The molecule has 2 aliphatic rings. The largest absolute Gasteiger partial charge is 0.476 e. The van der Waals surface area contributed by atoms with Crippen LogP contribution >= 0.6 is 0 Å². The lowest BCUT2D eigenvalue weighted by molar-refractivity contribution is -0.124. The van der Waals surface area contributed by atoms with Crippen LogP contribution in [0.4, 0.5) is 0 Å². The molecule has 10 nitrogen and oxygen atoms in total. The highest BCUT2D eigenvalue weighted by atomic mass is 16.5. The summed E-state index contributed by atoms with van der Waals surface area (Å²) >= 11 is 0. The fourth-order valence-corrected chi connectivity index (χ4v) is 6.26. The monoisotopic (exact) mass is 602 g/mol. The molecule has 1 aromatic heterocycles. The number of amides is 2. The average molecular weight is 603 g/mol. The van der Waals surface area contributed by atoms with Crippen LogP contribution in [0.1, 0.15) is 83.5 Å². The average Bonchev–Trinajstić information content (AvgIpc) is 3.47. The van der Waals surface area contributed by atoms with Gasteiger partial charge in [-0.1, -0.05) is 86.3 Å². The zero-order valence-corrected chi connectivity index (χ0v) is 25.3. The van der Waals surface area contributed by atoms with Crippen molar-refractivity contribution >= 4 is 17.8 Å². The van der Waals surface area contributed by atoms with Crippen molar-refractivity contribution in [3.63, 3.8) is 0 Å². The van der Waals surface area contributed by atoms with Crippen LogP contribution in [0.3, 0.4) is 0 Å². The number of aromatic nitrogens is 2. The van der Waals surface area contributed by atoms with E-state index in [1.165, 1.54) is 10.7 Å². The van der Waals surface area contributed by atoms with E-state index >= 15 is 0 Å². The molecule has 0 unspecified atom stereocenters. The molecule has 2 amide bonds. The van der Waals surface area contributed by atoms with E-state index in [9.17, 15) is 19.5 Å². The fourth-order valence-electron chi connectivity index (χ4n) is 6.26. The van der Waals surface area contributed by atoms with Crippen molar-refractivity contribution in [3.05, 3.63) is 89.2 Å². The first-order valence-corrected chi connectivity index (χ1v) is 15.6. The van der Waals surface area contributed by atoms with Crippen molar-refractivity contribution in [2.24, 2.45) is 0 Å². The smallest absolute Gasteiger partial charge is 0.356 e. The van der Waals surface area contributed by atoms with Gasteiger partial charge in [0.2, 0.25) is 5.91 Å². The van der Waals surface area contributed by atoms with E-state index in [1.807, 2.05) is 60.7 Å². The van der Waals surface area contributed by atoms with Crippen LogP contribution in [0.25, 0.3) is 0 Å². The lowest BCUT2D eigenvalue weighted by atomic mass is 9.91. The molecule has 2 N–H and O–H groups in total. The van der Waals surface area contributed by atoms with Gasteiger partial charge in [0.25, 0.3) is 5.91 Å². The van der Waals surface area contributed by atoms with Crippen molar-refractivity contribution in [1.29, 1.82) is 0 Å². The summed E-state index contributed by atoms with van der Waals surface area (Å²) in [4.78, 5) is 40.6. The molecule has 5 rings (SSSR count). The number of nitrogens with one attached hydrogen (secondary N) is 1. The highest BCUT2D eigenvalue weighted by Gasteiger charge is 2.34. The van der Waals surface area contributed by atoms with Crippen LogP contribution in [0, 0.1) is 0 Å². The van der Waals surface area contributed by atoms with E-state index in [1.54, 1.807) is 11.9 Å². The number of hydrogen-bond donors (Lipinski definition) is 2. The van der Waals surface area contributed by atoms with E-state index in [0.29, 0.717) is 13.2 Å². The Morgan fingerprint density at radius 1 is 0.864 bits per heavy atom. The molecule has 2 aliphatic carbocycles. The Balaban J connectivity index is 1.25. The summed E-state index contributed by atoms with van der Waals surface area (Å²) in [5.74, 6) is -1.99. The summed E-state index contributed by atoms with van der Waals surface area (Å²) in [5.41, 5.74) is 1.91. The molecule has 0 spiro atoms. The molecular weight excluding hydrogens is 560 g/mol. The number of carbonyl (C=O) groups is 3. The van der Waals surface area contributed by atoms with E-state index < -0.39 is 5.97 Å². The Bertz CT molecular complexity index is 1400. The number of likely N-dealkylation sites (N-methyl/N-ethyl adjacent to an activating group) is 1. The molecule has 0 bridgehead atoms.